The molecule has 224 valence electrons. The molecule has 2 N–H and O–H groups in total. The quantitative estimate of drug-likeness (QED) is 0.280. The maximum atomic E-state index is 14.3. The van der Waals surface area contributed by atoms with E-state index in [9.17, 15) is 28.7 Å². The molecule has 1 aromatic carbocycles. The number of carboxylic acid groups (broad SMARTS) is 1. The third-order valence-corrected chi connectivity index (χ3v) is 8.37. The van der Waals surface area contributed by atoms with Gasteiger partial charge in [0, 0.05) is 44.3 Å². The number of aromatic nitrogens is 1. The van der Waals surface area contributed by atoms with Gasteiger partial charge in [-0.1, -0.05) is 39.0 Å². The topological polar surface area (TPSA) is 126 Å². The van der Waals surface area contributed by atoms with Crippen LogP contribution >= 0.6 is 11.3 Å². The van der Waals surface area contributed by atoms with Crippen LogP contribution in [0.1, 0.15) is 87.0 Å². The Morgan fingerprint density at radius 2 is 1.85 bits per heavy atom. The number of esters is 1. The lowest BCUT2D eigenvalue weighted by molar-refractivity contribution is -0.148. The first-order valence-electron chi connectivity index (χ1n) is 14.0. The van der Waals surface area contributed by atoms with E-state index in [2.05, 4.69) is 10.3 Å². The van der Waals surface area contributed by atoms with Crippen molar-refractivity contribution in [3.8, 4) is 0 Å². The molecule has 2 aromatic rings. The number of thiazole rings is 1. The highest BCUT2D eigenvalue weighted by Gasteiger charge is 2.33. The van der Waals surface area contributed by atoms with Crippen LogP contribution in [0.4, 0.5) is 4.39 Å². The molecular weight excluding hydrogens is 549 g/mol. The summed E-state index contributed by atoms with van der Waals surface area (Å²) in [5, 5.41) is 14.2. The minimum Gasteiger partial charge on any atom is -0.481 e. The zero-order valence-electron chi connectivity index (χ0n) is 24.3. The molecule has 1 aliphatic rings. The van der Waals surface area contributed by atoms with Gasteiger partial charge < -0.3 is 20.1 Å². The van der Waals surface area contributed by atoms with Gasteiger partial charge in [-0.25, -0.2) is 9.37 Å². The van der Waals surface area contributed by atoms with E-state index in [4.69, 9.17) is 4.74 Å². The molecule has 1 unspecified atom stereocenters. The van der Waals surface area contributed by atoms with Crippen molar-refractivity contribution >= 4 is 35.1 Å². The van der Waals surface area contributed by atoms with E-state index < -0.39 is 41.7 Å². The average Bonchev–Trinajstić information content (AvgIpc) is 3.57. The highest BCUT2D eigenvalue weighted by Crippen LogP contribution is 2.35. The van der Waals surface area contributed by atoms with Crippen molar-refractivity contribution in [1.82, 2.24) is 15.2 Å². The summed E-state index contributed by atoms with van der Waals surface area (Å²) in [4.78, 5) is 55.7. The molecule has 1 aliphatic carbocycles. The van der Waals surface area contributed by atoms with Gasteiger partial charge in [-0.2, -0.15) is 0 Å². The van der Waals surface area contributed by atoms with Crippen molar-refractivity contribution < 1.29 is 33.4 Å². The monoisotopic (exact) mass is 589 g/mol. The van der Waals surface area contributed by atoms with Crippen LogP contribution in [-0.4, -0.2) is 57.9 Å². The van der Waals surface area contributed by atoms with Gasteiger partial charge in [0.15, 0.2) is 6.10 Å². The Morgan fingerprint density at radius 1 is 1.17 bits per heavy atom. The van der Waals surface area contributed by atoms with Gasteiger partial charge in [-0.15, -0.1) is 11.3 Å². The molecule has 1 fully saturated rings. The number of hydrogen-bond donors (Lipinski definition) is 2. The largest absolute Gasteiger partial charge is 0.481 e. The van der Waals surface area contributed by atoms with E-state index >= 15 is 0 Å². The predicted octanol–water partition coefficient (Wildman–Crippen LogP) is 5.01. The van der Waals surface area contributed by atoms with Gasteiger partial charge in [0.25, 0.3) is 5.91 Å². The first-order valence-corrected chi connectivity index (χ1v) is 14.9. The molecular formula is C30H40FN3O6S. The predicted molar refractivity (Wildman–Crippen MR) is 153 cm³/mol. The fourth-order valence-corrected chi connectivity index (χ4v) is 5.68. The van der Waals surface area contributed by atoms with Crippen molar-refractivity contribution in [2.24, 2.45) is 17.8 Å². The summed E-state index contributed by atoms with van der Waals surface area (Å²) < 4.78 is 19.9. The van der Waals surface area contributed by atoms with Crippen LogP contribution in [-0.2, 0) is 25.5 Å². The molecule has 4 atom stereocenters. The minimum absolute atomic E-state index is 0.0588. The van der Waals surface area contributed by atoms with Crippen molar-refractivity contribution in [1.29, 1.82) is 0 Å². The number of aliphatic carboxylic acids is 1. The van der Waals surface area contributed by atoms with Crippen LogP contribution in [0, 0.1) is 23.6 Å². The number of rotatable bonds is 15. The summed E-state index contributed by atoms with van der Waals surface area (Å²) in [7, 11) is 1.77. The summed E-state index contributed by atoms with van der Waals surface area (Å²) in [6, 6.07) is 5.29. The molecule has 41 heavy (non-hydrogen) atoms. The number of nitrogens with one attached hydrogen (secondary N) is 1. The van der Waals surface area contributed by atoms with E-state index in [1.54, 1.807) is 35.5 Å². The Morgan fingerprint density at radius 3 is 2.44 bits per heavy atom. The second-order valence-electron chi connectivity index (χ2n) is 11.3. The standard InChI is InChI=1S/C30H40FN3O6S/c1-17(2)25(34(5)27(36)13-20-10-11-20)15-26(40-19(4)35)29-33-24(16-41-29)28(37)32-22(12-18(3)30(38)39)14-21-8-6-7-9-23(21)31/h6-9,16-18,20,22,25-26H,10-15H2,1-5H3,(H,32,37)(H,38,39)/t18-,22+,25?,26+/m0/s1. The SMILES string of the molecule is CC(=O)O[C@H](CC(C(C)C)N(C)C(=O)CC1CC1)c1nc(C(=O)N[C@@H](Cc2ccccc2F)C[C@H](C)C(=O)O)cs1. The summed E-state index contributed by atoms with van der Waals surface area (Å²) in [5.74, 6) is -2.67. The highest BCUT2D eigenvalue weighted by molar-refractivity contribution is 7.09. The van der Waals surface area contributed by atoms with E-state index in [1.165, 1.54) is 31.3 Å². The molecule has 9 nitrogen and oxygen atoms in total. The zero-order chi connectivity index (χ0) is 30.3. The molecule has 0 bridgehead atoms. The molecule has 1 aromatic heterocycles. The Labute approximate surface area is 244 Å². The number of nitrogens with zero attached hydrogens (tertiary/aromatic N) is 2. The van der Waals surface area contributed by atoms with Crippen LogP contribution in [0.5, 0.6) is 0 Å². The first kappa shape index (κ1) is 32.2. The van der Waals surface area contributed by atoms with E-state index in [-0.39, 0.29) is 36.4 Å². The van der Waals surface area contributed by atoms with Gasteiger partial charge in [0.2, 0.25) is 5.91 Å². The molecule has 11 heteroatoms. The summed E-state index contributed by atoms with van der Waals surface area (Å²) in [6.45, 7) is 6.85. The zero-order valence-corrected chi connectivity index (χ0v) is 25.1. The average molecular weight is 590 g/mol. The maximum Gasteiger partial charge on any atom is 0.306 e. The van der Waals surface area contributed by atoms with Gasteiger partial charge in [-0.05, 0) is 49.1 Å². The van der Waals surface area contributed by atoms with Crippen molar-refractivity contribution in [3.05, 3.63) is 51.7 Å². The Bertz CT molecular complexity index is 1230. The number of carbonyl (C=O) groups is 4. The van der Waals surface area contributed by atoms with Crippen LogP contribution in [0.25, 0.3) is 0 Å². The number of carboxylic acids is 1. The van der Waals surface area contributed by atoms with E-state index in [0.717, 1.165) is 12.8 Å². The van der Waals surface area contributed by atoms with Gasteiger partial charge in [0.05, 0.1) is 5.92 Å². The molecule has 0 saturated heterocycles. The Kier molecular flexibility index (Phi) is 11.4. The summed E-state index contributed by atoms with van der Waals surface area (Å²) in [5.41, 5.74) is 0.451. The van der Waals surface area contributed by atoms with Crippen molar-refractivity contribution in [3.63, 3.8) is 0 Å². The van der Waals surface area contributed by atoms with Crippen LogP contribution in [0.15, 0.2) is 29.6 Å². The van der Waals surface area contributed by atoms with Crippen molar-refractivity contribution in [2.45, 2.75) is 84.4 Å². The fourth-order valence-electron chi connectivity index (χ4n) is 4.84. The van der Waals surface area contributed by atoms with Crippen LogP contribution in [0.3, 0.4) is 0 Å². The molecule has 2 amide bonds. The molecule has 1 heterocycles. The number of hydrogen-bond acceptors (Lipinski definition) is 7. The maximum absolute atomic E-state index is 14.3. The molecule has 1 saturated carbocycles. The second-order valence-corrected chi connectivity index (χ2v) is 12.2. The second kappa shape index (κ2) is 14.5. The van der Waals surface area contributed by atoms with Crippen LogP contribution < -0.4 is 5.32 Å². The summed E-state index contributed by atoms with van der Waals surface area (Å²) in [6.07, 6.45) is 2.42. The minimum atomic E-state index is -1.02. The lowest BCUT2D eigenvalue weighted by atomic mass is 9.95. The fraction of sp³-hybridized carbons (Fsp3) is 0.567. The van der Waals surface area contributed by atoms with Gasteiger partial charge in [-0.3, -0.25) is 19.2 Å². The van der Waals surface area contributed by atoms with Crippen molar-refractivity contribution in [2.75, 3.05) is 7.05 Å². The third kappa shape index (κ3) is 9.62. The lowest BCUT2D eigenvalue weighted by Crippen LogP contribution is -2.42. The van der Waals surface area contributed by atoms with E-state index in [0.29, 0.717) is 29.3 Å². The number of ether oxygens (including phenoxy) is 1. The smallest absolute Gasteiger partial charge is 0.306 e. The highest BCUT2D eigenvalue weighted by atomic mass is 32.1. The molecule has 3 rings (SSSR count). The summed E-state index contributed by atoms with van der Waals surface area (Å²) >= 11 is 1.17. The third-order valence-electron chi connectivity index (χ3n) is 7.43. The number of carbonyl (C=O) groups excluding carboxylic acids is 3. The van der Waals surface area contributed by atoms with Gasteiger partial charge >= 0.3 is 11.9 Å². The molecule has 0 spiro atoms. The van der Waals surface area contributed by atoms with E-state index in [1.807, 2.05) is 13.8 Å². The normalized spacial score (nSPS) is 16.0. The van der Waals surface area contributed by atoms with Crippen LogP contribution in [0.2, 0.25) is 0 Å². The number of benzene rings is 1. The molecule has 0 radical (unpaired) electrons. The Balaban J connectivity index is 1.77. The number of amides is 2. The number of halogens is 1. The Hall–Kier alpha value is -3.34. The lowest BCUT2D eigenvalue weighted by Gasteiger charge is -2.33. The molecule has 0 aliphatic heterocycles. The van der Waals surface area contributed by atoms with Gasteiger partial charge in [0.1, 0.15) is 16.5 Å². The first-order chi connectivity index (χ1) is 19.3.